The summed E-state index contributed by atoms with van der Waals surface area (Å²) in [5.41, 5.74) is 5.04. The molecule has 0 unspecified atom stereocenters. The zero-order valence-electron chi connectivity index (χ0n) is 18.9. The van der Waals surface area contributed by atoms with Crippen molar-refractivity contribution in [2.45, 2.75) is 38.7 Å². The number of fused-ring (bicyclic) bond motifs is 1. The summed E-state index contributed by atoms with van der Waals surface area (Å²) >= 11 is 8.16. The number of nitrogens with zero attached hydrogens (tertiary/aromatic N) is 2. The Balaban J connectivity index is 1.64. The van der Waals surface area contributed by atoms with Crippen LogP contribution in [0.3, 0.4) is 0 Å². The monoisotopic (exact) mass is 490 g/mol. The van der Waals surface area contributed by atoms with E-state index in [0.717, 1.165) is 51.3 Å². The summed E-state index contributed by atoms with van der Waals surface area (Å²) in [5, 5.41) is 9.96. The number of hydrogen-bond acceptors (Lipinski definition) is 5. The van der Waals surface area contributed by atoms with Crippen LogP contribution in [0.2, 0.25) is 5.02 Å². The smallest absolute Gasteiger partial charge is 0.348 e. The number of methoxy groups -OCH3 is 1. The van der Waals surface area contributed by atoms with Gasteiger partial charge in [0.25, 0.3) is 0 Å². The maximum absolute atomic E-state index is 12.2. The van der Waals surface area contributed by atoms with Gasteiger partial charge in [-0.25, -0.2) is 4.79 Å². The molecule has 2 heterocycles. The van der Waals surface area contributed by atoms with Gasteiger partial charge in [0.2, 0.25) is 0 Å². The lowest BCUT2D eigenvalue weighted by atomic mass is 10.1. The maximum atomic E-state index is 12.2. The van der Waals surface area contributed by atoms with E-state index >= 15 is 0 Å². The first kappa shape index (κ1) is 22.5. The lowest BCUT2D eigenvalue weighted by molar-refractivity contribution is 0.0606. The van der Waals surface area contributed by atoms with Crippen LogP contribution in [-0.2, 0) is 4.74 Å². The molecule has 172 valence electrons. The molecule has 5 rings (SSSR count). The van der Waals surface area contributed by atoms with Gasteiger partial charge >= 0.3 is 5.97 Å². The highest BCUT2D eigenvalue weighted by Gasteiger charge is 2.21. The van der Waals surface area contributed by atoms with Crippen LogP contribution in [0.15, 0.2) is 48.5 Å². The molecule has 0 saturated heterocycles. The molecule has 0 atom stereocenters. The second-order valence-electron chi connectivity index (χ2n) is 8.49. The van der Waals surface area contributed by atoms with E-state index in [1.54, 1.807) is 0 Å². The van der Waals surface area contributed by atoms with Crippen molar-refractivity contribution in [3.05, 3.63) is 69.6 Å². The lowest BCUT2D eigenvalue weighted by Crippen LogP contribution is -2.10. The molecule has 5 nitrogen and oxygen atoms in total. The van der Waals surface area contributed by atoms with E-state index in [-0.39, 0.29) is 12.1 Å². The number of thiophene rings is 1. The van der Waals surface area contributed by atoms with Crippen molar-refractivity contribution < 1.29 is 14.3 Å². The molecule has 2 aromatic heterocycles. The van der Waals surface area contributed by atoms with E-state index in [9.17, 15) is 10.1 Å². The molecule has 0 bridgehead atoms. The minimum atomic E-state index is -0.364. The normalized spacial score (nSPS) is 13.8. The Labute approximate surface area is 207 Å². The van der Waals surface area contributed by atoms with Crippen LogP contribution in [0, 0.1) is 18.3 Å². The fourth-order valence-electron chi connectivity index (χ4n) is 4.56. The molecule has 7 heteroatoms. The Hall–Kier alpha value is -3.27. The summed E-state index contributed by atoms with van der Waals surface area (Å²) in [5.74, 6) is 0.416. The summed E-state index contributed by atoms with van der Waals surface area (Å²) in [4.78, 5) is 12.7. The van der Waals surface area contributed by atoms with E-state index in [0.29, 0.717) is 15.5 Å². The summed E-state index contributed by atoms with van der Waals surface area (Å²) in [6.45, 7) is 1.91. The fourth-order valence-corrected chi connectivity index (χ4v) is 5.82. The van der Waals surface area contributed by atoms with Crippen molar-refractivity contribution in [2.24, 2.45) is 0 Å². The van der Waals surface area contributed by atoms with Crippen LogP contribution in [-0.4, -0.2) is 23.8 Å². The van der Waals surface area contributed by atoms with Crippen LogP contribution in [0.5, 0.6) is 5.75 Å². The molecule has 34 heavy (non-hydrogen) atoms. The minimum absolute atomic E-state index is 0.259. The summed E-state index contributed by atoms with van der Waals surface area (Å²) in [6, 6.07) is 17.6. The number of aryl methyl sites for hydroxylation is 1. The third-order valence-electron chi connectivity index (χ3n) is 6.29. The van der Waals surface area contributed by atoms with Gasteiger partial charge in [0.05, 0.1) is 45.8 Å². The topological polar surface area (TPSA) is 64.2 Å². The largest absolute Gasteiger partial charge is 0.490 e. The molecule has 1 fully saturated rings. The van der Waals surface area contributed by atoms with E-state index in [4.69, 9.17) is 21.1 Å². The first-order chi connectivity index (χ1) is 16.5. The van der Waals surface area contributed by atoms with Crippen LogP contribution in [0.4, 0.5) is 0 Å². The van der Waals surface area contributed by atoms with Gasteiger partial charge in [-0.15, -0.1) is 11.3 Å². The van der Waals surface area contributed by atoms with Crippen LogP contribution < -0.4 is 4.74 Å². The number of nitriles is 1. The number of hydrogen-bond donors (Lipinski definition) is 0. The molecule has 0 aliphatic heterocycles. The fraction of sp³-hybridized carbons (Fsp3) is 0.259. The Bertz CT molecular complexity index is 1440. The van der Waals surface area contributed by atoms with Crippen LogP contribution in [0.25, 0.3) is 27.2 Å². The van der Waals surface area contributed by atoms with E-state index in [2.05, 4.69) is 10.6 Å². The van der Waals surface area contributed by atoms with Crippen molar-refractivity contribution in [1.29, 1.82) is 5.26 Å². The van der Waals surface area contributed by atoms with Gasteiger partial charge in [0, 0.05) is 11.3 Å². The molecule has 2 aromatic carbocycles. The first-order valence-electron chi connectivity index (χ1n) is 11.2. The van der Waals surface area contributed by atoms with Gasteiger partial charge in [-0.1, -0.05) is 11.6 Å². The Morgan fingerprint density at radius 3 is 2.62 bits per heavy atom. The van der Waals surface area contributed by atoms with Gasteiger partial charge < -0.3 is 14.0 Å². The van der Waals surface area contributed by atoms with Gasteiger partial charge in [-0.2, -0.15) is 5.26 Å². The number of benzene rings is 2. The average molecular weight is 491 g/mol. The highest BCUT2D eigenvalue weighted by atomic mass is 35.5. The number of aromatic nitrogens is 1. The van der Waals surface area contributed by atoms with Crippen LogP contribution >= 0.6 is 22.9 Å². The van der Waals surface area contributed by atoms with E-state index < -0.39 is 0 Å². The average Bonchev–Trinajstić information content (AvgIpc) is 3.55. The summed E-state index contributed by atoms with van der Waals surface area (Å²) in [6.07, 6.45) is 4.84. The molecule has 1 aliphatic rings. The van der Waals surface area contributed by atoms with Crippen molar-refractivity contribution in [2.75, 3.05) is 7.11 Å². The number of halogens is 1. The molecule has 4 aromatic rings. The van der Waals surface area contributed by atoms with Crippen molar-refractivity contribution in [3.63, 3.8) is 0 Å². The summed E-state index contributed by atoms with van der Waals surface area (Å²) < 4.78 is 14.1. The Morgan fingerprint density at radius 2 is 1.94 bits per heavy atom. The molecule has 1 saturated carbocycles. The predicted octanol–water partition coefficient (Wildman–Crippen LogP) is 7.30. The number of ether oxygens (including phenoxy) is 2. The third kappa shape index (κ3) is 4.06. The second-order valence-corrected chi connectivity index (χ2v) is 9.98. The second kappa shape index (κ2) is 9.17. The molecule has 0 spiro atoms. The molecule has 0 N–H and O–H groups in total. The molecular weight excluding hydrogens is 468 g/mol. The molecule has 1 aliphatic carbocycles. The van der Waals surface area contributed by atoms with Gasteiger partial charge in [-0.05, 0) is 86.7 Å². The third-order valence-corrected chi connectivity index (χ3v) is 7.65. The molecule has 0 radical (unpaired) electrons. The first-order valence-corrected chi connectivity index (χ1v) is 12.4. The number of esters is 1. The molecular formula is C27H23ClN2O3S. The van der Waals surface area contributed by atoms with Gasteiger partial charge in [0.1, 0.15) is 10.6 Å². The molecule has 0 amide bonds. The zero-order chi connectivity index (χ0) is 23.8. The van der Waals surface area contributed by atoms with E-state index in [1.807, 2.05) is 55.5 Å². The Morgan fingerprint density at radius 1 is 1.15 bits per heavy atom. The lowest BCUT2D eigenvalue weighted by Gasteiger charge is -2.16. The predicted molar refractivity (Wildman–Crippen MR) is 135 cm³/mol. The quantitative estimate of drug-likeness (QED) is 0.275. The standard InChI is InChI=1S/C27H23ClN2O3S/c1-16-11-18(8-7-17(16)15-29)30-23(13-25-24(30)14-26(34-25)27(31)32-2)21-10-9-20(12-22(21)28)33-19-5-3-4-6-19/h7-14,19H,3-6H2,1-2H3. The van der Waals surface area contributed by atoms with Crippen molar-refractivity contribution >= 4 is 39.1 Å². The van der Waals surface area contributed by atoms with Crippen molar-refractivity contribution in [1.82, 2.24) is 4.57 Å². The maximum Gasteiger partial charge on any atom is 0.348 e. The number of rotatable bonds is 5. The minimum Gasteiger partial charge on any atom is -0.490 e. The zero-order valence-corrected chi connectivity index (χ0v) is 20.5. The van der Waals surface area contributed by atoms with Gasteiger partial charge in [-0.3, -0.25) is 0 Å². The van der Waals surface area contributed by atoms with E-state index in [1.165, 1.54) is 31.3 Å². The Kier molecular flexibility index (Phi) is 6.07. The summed E-state index contributed by atoms with van der Waals surface area (Å²) in [7, 11) is 1.38. The highest BCUT2D eigenvalue weighted by molar-refractivity contribution is 7.20. The SMILES string of the molecule is COC(=O)c1cc2c(cc(-c3ccc(OC4CCCC4)cc3Cl)n2-c2ccc(C#N)c(C)c2)s1. The number of carbonyl (C=O) groups excluding carboxylic acids is 1. The van der Waals surface area contributed by atoms with Crippen molar-refractivity contribution in [3.8, 4) is 28.8 Å². The number of carbonyl (C=O) groups is 1. The van der Waals surface area contributed by atoms with Crippen LogP contribution in [0.1, 0.15) is 46.5 Å². The highest BCUT2D eigenvalue weighted by Crippen LogP contribution is 2.40. The van der Waals surface area contributed by atoms with Gasteiger partial charge in [0.15, 0.2) is 0 Å².